The van der Waals surface area contributed by atoms with Crippen LogP contribution in [0.4, 0.5) is 5.95 Å². The maximum atomic E-state index is 14.3. The molecule has 4 N–H and O–H groups in total. The Morgan fingerprint density at radius 3 is 2.44 bits per heavy atom. The van der Waals surface area contributed by atoms with Crippen LogP contribution in [0, 0.1) is 12.8 Å². The summed E-state index contributed by atoms with van der Waals surface area (Å²) in [5, 5.41) is 19.2. The van der Waals surface area contributed by atoms with Crippen LogP contribution in [0.25, 0.3) is 0 Å². The molecule has 5 amide bonds. The highest BCUT2D eigenvalue weighted by Gasteiger charge is 2.40. The number of aliphatic hydroxyl groups excluding tert-OH is 1. The van der Waals surface area contributed by atoms with Gasteiger partial charge in [-0.25, -0.2) is 9.97 Å². The lowest BCUT2D eigenvalue weighted by Gasteiger charge is -2.30. The monoisotopic (exact) mass is 740 g/mol. The van der Waals surface area contributed by atoms with E-state index in [1.54, 1.807) is 34.9 Å². The van der Waals surface area contributed by atoms with E-state index >= 15 is 0 Å². The van der Waals surface area contributed by atoms with Crippen LogP contribution < -0.4 is 25.6 Å². The number of benzene rings is 2. The fourth-order valence-corrected chi connectivity index (χ4v) is 6.89. The molecule has 3 aromatic rings. The second-order valence-electron chi connectivity index (χ2n) is 14.6. The Bertz CT molecular complexity index is 1870. The number of likely N-dealkylation sites (tertiary alicyclic amines) is 1. The van der Waals surface area contributed by atoms with Crippen molar-refractivity contribution < 1.29 is 33.8 Å². The molecule has 5 atom stereocenters. The van der Waals surface area contributed by atoms with Crippen LogP contribution in [0.3, 0.4) is 0 Å². The van der Waals surface area contributed by atoms with Crippen molar-refractivity contribution in [3.8, 4) is 5.75 Å². The quantitative estimate of drug-likeness (QED) is 0.270. The fourth-order valence-electron chi connectivity index (χ4n) is 6.89. The Balaban J connectivity index is 1.34. The lowest BCUT2D eigenvalue weighted by atomic mass is 9.93. The topological polar surface area (TPSA) is 186 Å². The number of nitrogens with one attached hydrogen (secondary N) is 3. The number of nitrogens with zero attached hydrogens (tertiary/aromatic N) is 5. The summed E-state index contributed by atoms with van der Waals surface area (Å²) in [6, 6.07) is 13.4. The number of ether oxygens (including phenoxy) is 1. The van der Waals surface area contributed by atoms with Gasteiger partial charge in [-0.2, -0.15) is 0 Å². The van der Waals surface area contributed by atoms with E-state index in [0.717, 1.165) is 24.0 Å². The molecule has 2 aliphatic heterocycles. The number of rotatable bonds is 7. The maximum Gasteiger partial charge on any atom is 0.258 e. The maximum absolute atomic E-state index is 14.3. The molecule has 1 aliphatic carbocycles. The molecule has 0 unspecified atom stereocenters. The fraction of sp³-hybridized carbons (Fsp3) is 0.462. The van der Waals surface area contributed by atoms with Crippen LogP contribution in [-0.4, -0.2) is 126 Å². The van der Waals surface area contributed by atoms with Gasteiger partial charge in [-0.05, 0) is 55.9 Å². The summed E-state index contributed by atoms with van der Waals surface area (Å²) in [5.74, 6) is -1.90. The van der Waals surface area contributed by atoms with E-state index in [1.165, 1.54) is 18.0 Å². The Morgan fingerprint density at radius 1 is 1.00 bits per heavy atom. The van der Waals surface area contributed by atoms with Gasteiger partial charge in [-0.3, -0.25) is 24.0 Å². The molecular weight excluding hydrogens is 692 g/mol. The van der Waals surface area contributed by atoms with Crippen molar-refractivity contribution >= 4 is 35.5 Å². The first kappa shape index (κ1) is 38.2. The average Bonchev–Trinajstić information content (AvgIpc) is 3.87. The van der Waals surface area contributed by atoms with E-state index in [9.17, 15) is 29.1 Å². The van der Waals surface area contributed by atoms with Crippen molar-refractivity contribution in [2.24, 2.45) is 5.92 Å². The van der Waals surface area contributed by atoms with Gasteiger partial charge in [0.15, 0.2) is 6.61 Å². The van der Waals surface area contributed by atoms with Gasteiger partial charge >= 0.3 is 0 Å². The molecule has 0 radical (unpaired) electrons. The van der Waals surface area contributed by atoms with Crippen LogP contribution in [0.5, 0.6) is 5.75 Å². The Labute approximate surface area is 314 Å². The summed E-state index contributed by atoms with van der Waals surface area (Å²) in [7, 11) is 3.63. The number of amides is 5. The number of hydrogen-bond acceptors (Lipinski definition) is 10. The van der Waals surface area contributed by atoms with Crippen LogP contribution in [0.15, 0.2) is 60.8 Å². The van der Waals surface area contributed by atoms with Crippen molar-refractivity contribution in [3.63, 3.8) is 0 Å². The van der Waals surface area contributed by atoms with Gasteiger partial charge in [-0.15, -0.1) is 0 Å². The lowest BCUT2D eigenvalue weighted by molar-refractivity contribution is -0.143. The molecule has 2 aromatic carbocycles. The molecule has 3 aliphatic rings. The summed E-state index contributed by atoms with van der Waals surface area (Å²) in [5.41, 5.74) is 2.42. The van der Waals surface area contributed by atoms with Gasteiger partial charge < -0.3 is 40.5 Å². The van der Waals surface area contributed by atoms with Gasteiger partial charge in [0.05, 0.1) is 29.9 Å². The molecule has 1 aromatic heterocycles. The number of hydrogen-bond donors (Lipinski definition) is 4. The minimum absolute atomic E-state index is 0.161. The van der Waals surface area contributed by atoms with E-state index in [1.807, 2.05) is 50.5 Å². The molecule has 2 fully saturated rings. The van der Waals surface area contributed by atoms with E-state index in [2.05, 4.69) is 25.9 Å². The van der Waals surface area contributed by atoms with E-state index in [4.69, 9.17) is 4.74 Å². The second-order valence-corrected chi connectivity index (χ2v) is 14.6. The minimum atomic E-state index is -1.32. The summed E-state index contributed by atoms with van der Waals surface area (Å²) in [6.45, 7) is 3.00. The predicted molar refractivity (Wildman–Crippen MR) is 199 cm³/mol. The number of aryl methyl sites for hydroxylation is 1. The smallest absolute Gasteiger partial charge is 0.258 e. The van der Waals surface area contributed by atoms with Crippen LogP contribution in [0.1, 0.15) is 52.9 Å². The molecule has 0 spiro atoms. The molecule has 15 nitrogen and oxygen atoms in total. The summed E-state index contributed by atoms with van der Waals surface area (Å²) < 4.78 is 5.86. The zero-order valence-electron chi connectivity index (χ0n) is 31.0. The Kier molecular flexibility index (Phi) is 11.7. The number of carbonyl (C=O) groups is 5. The molecular formula is C39H48N8O7. The van der Waals surface area contributed by atoms with Crippen molar-refractivity contribution in [3.05, 3.63) is 83.2 Å². The van der Waals surface area contributed by atoms with Crippen LogP contribution in [0.2, 0.25) is 0 Å². The third-order valence-electron chi connectivity index (χ3n) is 10.0. The van der Waals surface area contributed by atoms with Crippen molar-refractivity contribution in [2.45, 2.75) is 63.3 Å². The summed E-state index contributed by atoms with van der Waals surface area (Å²) >= 11 is 0. The molecule has 1 saturated heterocycles. The SMILES string of the molecule is Cc1nc(N(C)C)ncc1C(=O)N1C[C@@H]2NC(=O)[C@H](Cc3ccccc3)NC(=O)CN(CC3CC3)C(=O)[C@H]([C@@H](C)O)NC(=O)COc3cccc(c3)[C@H]2C1. The highest BCUT2D eigenvalue weighted by Crippen LogP contribution is 2.32. The molecule has 3 heterocycles. The van der Waals surface area contributed by atoms with Crippen LogP contribution >= 0.6 is 0 Å². The van der Waals surface area contributed by atoms with Gasteiger partial charge in [-0.1, -0.05) is 42.5 Å². The molecule has 1 saturated carbocycles. The number of aromatic nitrogens is 2. The Hall–Kier alpha value is -5.57. The third-order valence-corrected chi connectivity index (χ3v) is 10.0. The number of carbonyl (C=O) groups excluding carboxylic acids is 5. The second kappa shape index (κ2) is 16.6. The first-order valence-corrected chi connectivity index (χ1v) is 18.3. The zero-order chi connectivity index (χ0) is 38.5. The lowest BCUT2D eigenvalue weighted by Crippen LogP contribution is -2.58. The minimum Gasteiger partial charge on any atom is -0.484 e. The van der Waals surface area contributed by atoms with Crippen LogP contribution in [-0.2, 0) is 25.6 Å². The first-order valence-electron chi connectivity index (χ1n) is 18.3. The van der Waals surface area contributed by atoms with Gasteiger partial charge in [0.25, 0.3) is 11.8 Å². The van der Waals surface area contributed by atoms with E-state index < -0.39 is 60.4 Å². The molecule has 2 bridgehead atoms. The standard InChI is InChI=1S/C39H48N8O7/c1-23-29(17-40-39(41-23)45(3)4)37(52)47-19-30-27-11-8-12-28(16-27)54-22-34(50)44-35(24(2)48)38(53)46(18-26-13-14-26)21-33(49)42-31(36(51)43-32(30)20-47)15-25-9-6-5-7-10-25/h5-12,16-17,24,26,30-32,35,48H,13-15,18-22H2,1-4H3,(H,42,49)(H,43,51)(H,44,50)/t24-,30-,31+,32+,35+/m1/s1. The van der Waals surface area contributed by atoms with Gasteiger partial charge in [0.2, 0.25) is 23.7 Å². The molecule has 54 heavy (non-hydrogen) atoms. The zero-order valence-corrected chi connectivity index (χ0v) is 31.0. The molecule has 15 heteroatoms. The Morgan fingerprint density at radius 2 is 1.76 bits per heavy atom. The molecule has 6 rings (SSSR count). The van der Waals surface area contributed by atoms with E-state index in [-0.39, 0.29) is 44.4 Å². The summed E-state index contributed by atoms with van der Waals surface area (Å²) in [6.07, 6.45) is 2.19. The number of aliphatic hydroxyl groups is 1. The first-order chi connectivity index (χ1) is 25.9. The van der Waals surface area contributed by atoms with Crippen molar-refractivity contribution in [1.82, 2.24) is 35.7 Å². The number of anilines is 1. The third kappa shape index (κ3) is 9.31. The molecule has 286 valence electrons. The predicted octanol–water partition coefficient (Wildman–Crippen LogP) is 0.800. The number of fused-ring (bicyclic) bond motifs is 4. The normalized spacial score (nSPS) is 23.2. The summed E-state index contributed by atoms with van der Waals surface area (Å²) in [4.78, 5) is 82.5. The van der Waals surface area contributed by atoms with Gasteiger partial charge in [0.1, 0.15) is 17.8 Å². The highest BCUT2D eigenvalue weighted by molar-refractivity contribution is 5.96. The van der Waals surface area contributed by atoms with Crippen molar-refractivity contribution in [1.29, 1.82) is 0 Å². The average molecular weight is 741 g/mol. The van der Waals surface area contributed by atoms with Gasteiger partial charge in [0, 0.05) is 52.3 Å². The van der Waals surface area contributed by atoms with E-state index in [0.29, 0.717) is 23.0 Å². The largest absolute Gasteiger partial charge is 0.484 e. The van der Waals surface area contributed by atoms with Crippen molar-refractivity contribution in [2.75, 3.05) is 51.8 Å². The highest BCUT2D eigenvalue weighted by atomic mass is 16.5.